The zero-order chi connectivity index (χ0) is 28.8. The maximum Gasteiger partial charge on any atom is 0.273 e. The lowest BCUT2D eigenvalue weighted by molar-refractivity contribution is 0.0574. The summed E-state index contributed by atoms with van der Waals surface area (Å²) in [7, 11) is -3.14. The Hall–Kier alpha value is -3.62. The highest BCUT2D eigenvalue weighted by molar-refractivity contribution is 6.98. The van der Waals surface area contributed by atoms with Crippen molar-refractivity contribution in [2.45, 2.75) is 64.5 Å². The number of carbonyl (C=O) groups is 1. The highest BCUT2D eigenvalue weighted by Crippen LogP contribution is 2.50. The number of hydrogen-bond acceptors (Lipinski definition) is 6. The summed E-state index contributed by atoms with van der Waals surface area (Å²) in [5, 5.41) is 5.58. The number of carbonyl (C=O) groups excluding carboxylic acids is 1. The summed E-state index contributed by atoms with van der Waals surface area (Å²) in [5.74, 6) is 1.99. The molecule has 2 fully saturated rings. The van der Waals surface area contributed by atoms with E-state index >= 15 is 0 Å². The SMILES string of the molecule is Cc1ccc(-c2nc(C)no2)c(C(=O)N2C[C@@H]3C[C@@H]3C[C@H]2CCC(C)(C)[Si](O)(c2ccccc2)c2ccccc2)n1. The first-order chi connectivity index (χ1) is 19.7. The molecule has 1 N–H and O–H groups in total. The summed E-state index contributed by atoms with van der Waals surface area (Å²) >= 11 is 0. The number of piperidine rings is 1. The van der Waals surface area contributed by atoms with Crippen molar-refractivity contribution >= 4 is 24.6 Å². The first-order valence-electron chi connectivity index (χ1n) is 14.6. The lowest BCUT2D eigenvalue weighted by atomic mass is 9.93. The van der Waals surface area contributed by atoms with Crippen LogP contribution in [0.2, 0.25) is 5.04 Å². The van der Waals surface area contributed by atoms with E-state index in [4.69, 9.17) is 4.52 Å². The standard InChI is InChI=1S/C33H38N4O3Si/c1-22-15-16-29(31-35-23(2)36-40-31)30(34-22)32(38)37-21-25-19-24(25)20-26(37)17-18-33(3,4)41(39,27-11-7-5-8-12-27)28-13-9-6-10-14-28/h5-16,24-26,39H,17-21H2,1-4H3/t24-,25+,26-/m1/s1. The van der Waals surface area contributed by atoms with E-state index in [2.05, 4.69) is 53.2 Å². The zero-order valence-electron chi connectivity index (χ0n) is 24.2. The van der Waals surface area contributed by atoms with Crippen LogP contribution in [0.15, 0.2) is 77.3 Å². The number of nitrogens with zero attached hydrogens (tertiary/aromatic N) is 4. The predicted molar refractivity (Wildman–Crippen MR) is 161 cm³/mol. The van der Waals surface area contributed by atoms with E-state index in [-0.39, 0.29) is 17.0 Å². The molecule has 0 unspecified atom stereocenters. The van der Waals surface area contributed by atoms with E-state index in [9.17, 15) is 9.59 Å². The molecule has 2 aromatic carbocycles. The molecule has 212 valence electrons. The largest absolute Gasteiger partial charge is 0.424 e. The number of fused-ring (bicyclic) bond motifs is 1. The third-order valence-corrected chi connectivity index (χ3v) is 13.8. The van der Waals surface area contributed by atoms with E-state index in [0.717, 1.165) is 41.9 Å². The third-order valence-electron chi connectivity index (χ3n) is 9.24. The molecule has 1 saturated carbocycles. The Bertz CT molecular complexity index is 1500. The molecule has 0 bridgehead atoms. The van der Waals surface area contributed by atoms with E-state index in [0.29, 0.717) is 34.8 Å². The second-order valence-corrected chi connectivity index (χ2v) is 16.4. The van der Waals surface area contributed by atoms with Crippen LogP contribution < -0.4 is 10.4 Å². The summed E-state index contributed by atoms with van der Waals surface area (Å²) in [6.07, 6.45) is 3.78. The Morgan fingerprint density at radius 2 is 1.61 bits per heavy atom. The van der Waals surface area contributed by atoms with Gasteiger partial charge in [0, 0.05) is 18.3 Å². The Labute approximate surface area is 242 Å². The minimum absolute atomic E-state index is 0.0775. The van der Waals surface area contributed by atoms with E-state index in [1.807, 2.05) is 60.4 Å². The van der Waals surface area contributed by atoms with Gasteiger partial charge >= 0.3 is 0 Å². The average molecular weight is 567 g/mol. The predicted octanol–water partition coefficient (Wildman–Crippen LogP) is 4.91. The van der Waals surface area contributed by atoms with Crippen LogP contribution >= 0.6 is 0 Å². The second kappa shape index (κ2) is 10.7. The fourth-order valence-electron chi connectivity index (χ4n) is 6.67. The first kappa shape index (κ1) is 27.5. The highest BCUT2D eigenvalue weighted by atomic mass is 28.4. The fraction of sp³-hybridized carbons (Fsp3) is 0.394. The molecule has 1 saturated heterocycles. The number of aryl methyl sites for hydroxylation is 2. The summed E-state index contributed by atoms with van der Waals surface area (Å²) in [6.45, 7) is 8.80. The molecule has 0 spiro atoms. The van der Waals surface area contributed by atoms with E-state index in [1.54, 1.807) is 6.92 Å². The average Bonchev–Trinajstić information content (AvgIpc) is 3.63. The molecule has 4 aromatic rings. The van der Waals surface area contributed by atoms with Crippen LogP contribution in [0.1, 0.15) is 61.5 Å². The van der Waals surface area contributed by atoms with Crippen molar-refractivity contribution in [2.75, 3.05) is 6.54 Å². The van der Waals surface area contributed by atoms with Gasteiger partial charge in [-0.2, -0.15) is 4.98 Å². The van der Waals surface area contributed by atoms with Crippen molar-refractivity contribution in [3.8, 4) is 11.5 Å². The van der Waals surface area contributed by atoms with Crippen molar-refractivity contribution < 1.29 is 14.1 Å². The molecule has 1 amide bonds. The smallest absolute Gasteiger partial charge is 0.273 e. The summed E-state index contributed by atoms with van der Waals surface area (Å²) in [5.41, 5.74) is 1.72. The molecule has 41 heavy (non-hydrogen) atoms. The molecule has 0 radical (unpaired) electrons. The van der Waals surface area contributed by atoms with Crippen LogP contribution in [-0.4, -0.2) is 51.6 Å². The number of pyridine rings is 1. The van der Waals surface area contributed by atoms with Crippen LogP contribution in [0.4, 0.5) is 0 Å². The minimum atomic E-state index is -3.14. The van der Waals surface area contributed by atoms with Crippen molar-refractivity contribution in [1.29, 1.82) is 0 Å². The van der Waals surface area contributed by atoms with Gasteiger partial charge in [0.2, 0.25) is 0 Å². The Balaban J connectivity index is 1.30. The van der Waals surface area contributed by atoms with Crippen molar-refractivity contribution in [3.63, 3.8) is 0 Å². The summed E-state index contributed by atoms with van der Waals surface area (Å²) < 4.78 is 5.44. The number of benzene rings is 2. The molecule has 2 aliphatic rings. The van der Waals surface area contributed by atoms with Crippen molar-refractivity contribution in [1.82, 2.24) is 20.0 Å². The van der Waals surface area contributed by atoms with Crippen LogP contribution in [0, 0.1) is 25.7 Å². The number of rotatable bonds is 8. The summed E-state index contributed by atoms with van der Waals surface area (Å²) in [6, 6.07) is 24.1. The molecule has 1 aliphatic carbocycles. The maximum atomic E-state index is 14.2. The Kier molecular flexibility index (Phi) is 7.16. The lowest BCUT2D eigenvalue weighted by Gasteiger charge is -2.43. The van der Waals surface area contributed by atoms with Gasteiger partial charge in [0.15, 0.2) is 5.82 Å². The molecule has 7 nitrogen and oxygen atoms in total. The van der Waals surface area contributed by atoms with Gasteiger partial charge < -0.3 is 14.2 Å². The van der Waals surface area contributed by atoms with E-state index < -0.39 is 8.32 Å². The maximum absolute atomic E-state index is 14.2. The molecule has 3 atom stereocenters. The highest BCUT2D eigenvalue weighted by Gasteiger charge is 2.52. The molecule has 1 aliphatic heterocycles. The van der Waals surface area contributed by atoms with Gasteiger partial charge in [-0.3, -0.25) is 4.79 Å². The molecule has 6 rings (SSSR count). The molecule has 2 aromatic heterocycles. The van der Waals surface area contributed by atoms with Crippen molar-refractivity contribution in [2.24, 2.45) is 11.8 Å². The number of aromatic nitrogens is 3. The molecular weight excluding hydrogens is 528 g/mol. The second-order valence-electron chi connectivity index (χ2n) is 12.5. The van der Waals surface area contributed by atoms with Crippen molar-refractivity contribution in [3.05, 3.63) is 90.0 Å². The summed E-state index contributed by atoms with van der Waals surface area (Å²) in [4.78, 5) is 38.0. The number of likely N-dealkylation sites (tertiary alicyclic amines) is 1. The van der Waals surface area contributed by atoms with E-state index in [1.165, 1.54) is 6.42 Å². The van der Waals surface area contributed by atoms with Gasteiger partial charge in [-0.25, -0.2) is 4.98 Å². The normalized spacial score (nSPS) is 20.5. The van der Waals surface area contributed by atoms with Gasteiger partial charge in [-0.15, -0.1) is 0 Å². The van der Waals surface area contributed by atoms with Gasteiger partial charge in [0.25, 0.3) is 20.1 Å². The number of amides is 1. The van der Waals surface area contributed by atoms with Crippen LogP contribution in [0.25, 0.3) is 11.5 Å². The van der Waals surface area contributed by atoms with Gasteiger partial charge in [0.1, 0.15) is 5.69 Å². The number of hydrogen-bond donors (Lipinski definition) is 1. The molecular formula is C33H38N4O3Si. The molecule has 3 heterocycles. The first-order valence-corrected chi connectivity index (χ1v) is 16.5. The van der Waals surface area contributed by atoms with Gasteiger partial charge in [0.05, 0.1) is 5.56 Å². The fourth-order valence-corrected chi connectivity index (χ4v) is 10.4. The molecule has 8 heteroatoms. The quantitative estimate of drug-likeness (QED) is 0.305. The van der Waals surface area contributed by atoms with Crippen LogP contribution in [-0.2, 0) is 0 Å². The zero-order valence-corrected chi connectivity index (χ0v) is 25.2. The third kappa shape index (κ3) is 5.15. The Morgan fingerprint density at radius 3 is 2.22 bits per heavy atom. The van der Waals surface area contributed by atoms with Crippen LogP contribution in [0.3, 0.4) is 0 Å². The monoisotopic (exact) mass is 566 g/mol. The van der Waals surface area contributed by atoms with Gasteiger partial charge in [-0.1, -0.05) is 79.7 Å². The lowest BCUT2D eigenvalue weighted by Crippen LogP contribution is -2.65. The topological polar surface area (TPSA) is 92.4 Å². The Morgan fingerprint density at radius 1 is 0.951 bits per heavy atom. The van der Waals surface area contributed by atoms with Crippen LogP contribution in [0.5, 0.6) is 0 Å². The minimum Gasteiger partial charge on any atom is -0.424 e. The van der Waals surface area contributed by atoms with Gasteiger partial charge in [-0.05, 0) is 78.9 Å².